The second-order valence-electron chi connectivity index (χ2n) is 9.36. The fraction of sp³-hybridized carbons (Fsp3) is 0.250. The summed E-state index contributed by atoms with van der Waals surface area (Å²) in [6, 6.07) is 11.5. The molecule has 0 saturated carbocycles. The first-order valence-electron chi connectivity index (χ1n) is 11.9. The standard InChI is InChI=1S/C28H27F2N5O/c1-16-8-18(10-19(29)9-16)24-14-33-25-6-5-17(22-12-20(30)13-34-27(22)31)11-23(25)26(24)28(36)35(2)15-21-4-3-7-32-21/h5-6,8-14,21,32H,3-4,7,15H2,1-2H3,(H2,31,34)/t21-/m0/s1. The molecule has 6 nitrogen and oxygen atoms in total. The van der Waals surface area contributed by atoms with E-state index in [4.69, 9.17) is 5.73 Å². The molecular formula is C28H27F2N5O. The summed E-state index contributed by atoms with van der Waals surface area (Å²) in [5.74, 6) is -0.922. The zero-order chi connectivity index (χ0) is 25.4. The van der Waals surface area contributed by atoms with Gasteiger partial charge in [0.1, 0.15) is 17.5 Å². The number of hydrogen-bond acceptors (Lipinski definition) is 5. The van der Waals surface area contributed by atoms with E-state index in [9.17, 15) is 13.6 Å². The van der Waals surface area contributed by atoms with Crippen molar-refractivity contribution >= 4 is 22.6 Å². The van der Waals surface area contributed by atoms with Crippen LogP contribution in [0.25, 0.3) is 33.2 Å². The third kappa shape index (κ3) is 4.64. The van der Waals surface area contributed by atoms with Crippen molar-refractivity contribution in [2.24, 2.45) is 0 Å². The Kier molecular flexibility index (Phi) is 6.36. The molecule has 0 aliphatic carbocycles. The lowest BCUT2D eigenvalue weighted by atomic mass is 9.93. The van der Waals surface area contributed by atoms with Crippen molar-refractivity contribution in [1.29, 1.82) is 0 Å². The summed E-state index contributed by atoms with van der Waals surface area (Å²) in [5, 5.41) is 4.00. The van der Waals surface area contributed by atoms with Crippen molar-refractivity contribution in [3.8, 4) is 22.3 Å². The first kappa shape index (κ1) is 23.8. The molecule has 0 radical (unpaired) electrons. The SMILES string of the molecule is Cc1cc(F)cc(-c2cnc3ccc(-c4cc(F)cnc4N)cc3c2C(=O)N(C)C[C@@H]2CCCN2)c1. The second kappa shape index (κ2) is 9.62. The molecule has 1 fully saturated rings. The zero-order valence-corrected chi connectivity index (χ0v) is 20.2. The maximum Gasteiger partial charge on any atom is 0.255 e. The summed E-state index contributed by atoms with van der Waals surface area (Å²) in [6.45, 7) is 3.29. The maximum atomic E-state index is 14.4. The lowest BCUT2D eigenvalue weighted by Gasteiger charge is -2.24. The van der Waals surface area contributed by atoms with Gasteiger partial charge in [-0.3, -0.25) is 9.78 Å². The molecule has 5 rings (SSSR count). The molecule has 1 aliphatic heterocycles. The van der Waals surface area contributed by atoms with Crippen molar-refractivity contribution in [2.75, 3.05) is 25.9 Å². The number of aromatic nitrogens is 2. The number of pyridine rings is 2. The molecule has 0 bridgehead atoms. The van der Waals surface area contributed by atoms with Gasteiger partial charge in [-0.25, -0.2) is 13.8 Å². The number of nitrogen functional groups attached to an aromatic ring is 1. The highest BCUT2D eigenvalue weighted by atomic mass is 19.1. The minimum absolute atomic E-state index is 0.179. The number of fused-ring (bicyclic) bond motifs is 1. The van der Waals surface area contributed by atoms with Gasteiger partial charge in [-0.05, 0) is 73.3 Å². The van der Waals surface area contributed by atoms with Crippen LogP contribution in [0.4, 0.5) is 14.6 Å². The number of halogens is 2. The predicted molar refractivity (Wildman–Crippen MR) is 137 cm³/mol. The van der Waals surface area contributed by atoms with Crippen molar-refractivity contribution in [3.05, 3.63) is 77.6 Å². The number of hydrogen-bond donors (Lipinski definition) is 2. The quantitative estimate of drug-likeness (QED) is 0.416. The summed E-state index contributed by atoms with van der Waals surface area (Å²) in [4.78, 5) is 24.1. The van der Waals surface area contributed by atoms with E-state index in [1.807, 2.05) is 6.07 Å². The van der Waals surface area contributed by atoms with Crippen LogP contribution in [0.3, 0.4) is 0 Å². The average Bonchev–Trinajstić information content (AvgIpc) is 3.36. The highest BCUT2D eigenvalue weighted by Crippen LogP contribution is 2.34. The normalized spacial score (nSPS) is 15.4. The monoisotopic (exact) mass is 487 g/mol. The molecule has 2 aromatic heterocycles. The number of nitrogens with zero attached hydrogens (tertiary/aromatic N) is 3. The first-order valence-corrected chi connectivity index (χ1v) is 11.9. The smallest absolute Gasteiger partial charge is 0.255 e. The van der Waals surface area contributed by atoms with Gasteiger partial charge >= 0.3 is 0 Å². The average molecular weight is 488 g/mol. The van der Waals surface area contributed by atoms with Crippen LogP contribution in [0.2, 0.25) is 0 Å². The van der Waals surface area contributed by atoms with Gasteiger partial charge in [-0.1, -0.05) is 12.1 Å². The van der Waals surface area contributed by atoms with Crippen molar-refractivity contribution in [2.45, 2.75) is 25.8 Å². The summed E-state index contributed by atoms with van der Waals surface area (Å²) < 4.78 is 28.4. The third-order valence-electron chi connectivity index (χ3n) is 6.63. The molecule has 1 atom stereocenters. The summed E-state index contributed by atoms with van der Waals surface area (Å²) >= 11 is 0. The predicted octanol–water partition coefficient (Wildman–Crippen LogP) is 4.96. The van der Waals surface area contributed by atoms with Gasteiger partial charge in [0.2, 0.25) is 0 Å². The van der Waals surface area contributed by atoms with Gasteiger partial charge in [0.25, 0.3) is 5.91 Å². The summed E-state index contributed by atoms with van der Waals surface area (Å²) in [7, 11) is 1.77. The minimum Gasteiger partial charge on any atom is -0.383 e. The Labute approximate surface area is 208 Å². The van der Waals surface area contributed by atoms with Crippen LogP contribution in [-0.4, -0.2) is 47.0 Å². The highest BCUT2D eigenvalue weighted by Gasteiger charge is 2.25. The number of amides is 1. The molecule has 1 aliphatic rings. The molecule has 36 heavy (non-hydrogen) atoms. The van der Waals surface area contributed by atoms with E-state index in [1.165, 1.54) is 18.2 Å². The Balaban J connectivity index is 1.71. The van der Waals surface area contributed by atoms with Gasteiger partial charge in [0.05, 0.1) is 17.3 Å². The van der Waals surface area contributed by atoms with Gasteiger partial charge in [0.15, 0.2) is 0 Å². The van der Waals surface area contributed by atoms with Crippen molar-refractivity contribution in [3.63, 3.8) is 0 Å². The fourth-order valence-corrected chi connectivity index (χ4v) is 4.90. The van der Waals surface area contributed by atoms with E-state index in [2.05, 4.69) is 15.3 Å². The van der Waals surface area contributed by atoms with Crippen LogP contribution in [0, 0.1) is 18.6 Å². The van der Waals surface area contributed by atoms with Crippen LogP contribution in [0.1, 0.15) is 28.8 Å². The lowest BCUT2D eigenvalue weighted by Crippen LogP contribution is -2.38. The molecular weight excluding hydrogens is 460 g/mol. The van der Waals surface area contributed by atoms with E-state index < -0.39 is 5.82 Å². The maximum absolute atomic E-state index is 14.4. The molecule has 184 valence electrons. The minimum atomic E-state index is -0.512. The molecule has 4 aromatic rings. The molecule has 1 amide bonds. The van der Waals surface area contributed by atoms with Crippen LogP contribution >= 0.6 is 0 Å². The van der Waals surface area contributed by atoms with Gasteiger partial charge < -0.3 is 16.0 Å². The number of carbonyl (C=O) groups excluding carboxylic acids is 1. The highest BCUT2D eigenvalue weighted by molar-refractivity contribution is 6.12. The van der Waals surface area contributed by atoms with Crippen LogP contribution in [0.15, 0.2) is 54.9 Å². The number of aryl methyl sites for hydroxylation is 1. The Hall–Kier alpha value is -3.91. The van der Waals surface area contributed by atoms with Gasteiger partial charge in [-0.15, -0.1) is 0 Å². The number of rotatable bonds is 5. The van der Waals surface area contributed by atoms with E-state index in [-0.39, 0.29) is 23.6 Å². The number of carbonyl (C=O) groups is 1. The van der Waals surface area contributed by atoms with Crippen molar-refractivity contribution < 1.29 is 13.6 Å². The lowest BCUT2D eigenvalue weighted by molar-refractivity contribution is 0.0786. The molecule has 0 unspecified atom stereocenters. The fourth-order valence-electron chi connectivity index (χ4n) is 4.90. The molecule has 8 heteroatoms. The zero-order valence-electron chi connectivity index (χ0n) is 20.2. The third-order valence-corrected chi connectivity index (χ3v) is 6.63. The van der Waals surface area contributed by atoms with E-state index in [1.54, 1.807) is 43.3 Å². The van der Waals surface area contributed by atoms with Gasteiger partial charge in [0, 0.05) is 42.3 Å². The first-order chi connectivity index (χ1) is 17.3. The second-order valence-corrected chi connectivity index (χ2v) is 9.36. The van der Waals surface area contributed by atoms with Crippen LogP contribution in [0.5, 0.6) is 0 Å². The molecule has 1 saturated heterocycles. The number of nitrogens with two attached hydrogens (primary N) is 1. The van der Waals surface area contributed by atoms with E-state index in [0.717, 1.165) is 31.1 Å². The number of benzene rings is 2. The largest absolute Gasteiger partial charge is 0.383 e. The molecule has 3 heterocycles. The van der Waals surface area contributed by atoms with Crippen molar-refractivity contribution in [1.82, 2.24) is 20.2 Å². The van der Waals surface area contributed by atoms with E-state index in [0.29, 0.717) is 45.3 Å². The Bertz CT molecular complexity index is 1450. The Morgan fingerprint density at radius 3 is 2.64 bits per heavy atom. The molecule has 3 N–H and O–H groups in total. The number of anilines is 1. The summed E-state index contributed by atoms with van der Waals surface area (Å²) in [5.41, 5.74) is 9.90. The van der Waals surface area contributed by atoms with Crippen LogP contribution < -0.4 is 11.1 Å². The Morgan fingerprint density at radius 2 is 1.89 bits per heavy atom. The molecule has 2 aromatic carbocycles. The summed E-state index contributed by atoms with van der Waals surface area (Å²) in [6.07, 6.45) is 4.75. The topological polar surface area (TPSA) is 84.1 Å². The molecule has 0 spiro atoms. The Morgan fingerprint density at radius 1 is 1.06 bits per heavy atom. The number of likely N-dealkylation sites (N-methyl/N-ethyl adjacent to an activating group) is 1. The van der Waals surface area contributed by atoms with Crippen LogP contribution in [-0.2, 0) is 0 Å². The number of nitrogens with one attached hydrogen (secondary N) is 1. The van der Waals surface area contributed by atoms with E-state index >= 15 is 0 Å². The van der Waals surface area contributed by atoms with Gasteiger partial charge in [-0.2, -0.15) is 0 Å².